The molecule has 0 unspecified atom stereocenters. The number of rotatable bonds is 3. The Morgan fingerprint density at radius 2 is 1.88 bits per heavy atom. The molecule has 0 saturated carbocycles. The van der Waals surface area contributed by atoms with Gasteiger partial charge < -0.3 is 10.2 Å². The molecule has 1 amide bonds. The highest BCUT2D eigenvalue weighted by atomic mass is 16.6. The second-order valence-corrected chi connectivity index (χ2v) is 6.26. The SMILES string of the molecule is O=C1Nc2ccccc2/C1=C\c1ccc(N2CCCC2)c([N+](=O)[O-])c1. The van der Waals surface area contributed by atoms with Gasteiger partial charge in [0.15, 0.2) is 0 Å². The quantitative estimate of drug-likeness (QED) is 0.527. The van der Waals surface area contributed by atoms with Gasteiger partial charge in [0.05, 0.1) is 4.92 Å². The van der Waals surface area contributed by atoms with E-state index in [0.29, 0.717) is 16.8 Å². The fourth-order valence-electron chi connectivity index (χ4n) is 3.45. The molecule has 2 aromatic rings. The minimum Gasteiger partial charge on any atom is -0.366 e. The molecule has 1 fully saturated rings. The minimum atomic E-state index is -0.349. The van der Waals surface area contributed by atoms with Crippen LogP contribution in [0, 0.1) is 10.1 Å². The van der Waals surface area contributed by atoms with Gasteiger partial charge in [-0.25, -0.2) is 0 Å². The molecular formula is C19H17N3O3. The fourth-order valence-corrected chi connectivity index (χ4v) is 3.45. The molecule has 6 heteroatoms. The number of carbonyl (C=O) groups is 1. The van der Waals surface area contributed by atoms with E-state index in [2.05, 4.69) is 5.32 Å². The van der Waals surface area contributed by atoms with E-state index in [1.54, 1.807) is 18.2 Å². The lowest BCUT2D eigenvalue weighted by Crippen LogP contribution is -2.18. The summed E-state index contributed by atoms with van der Waals surface area (Å²) in [4.78, 5) is 25.4. The molecule has 1 saturated heterocycles. The number of benzene rings is 2. The lowest BCUT2D eigenvalue weighted by Gasteiger charge is -2.17. The standard InChI is InChI=1S/C19H17N3O3/c23-19-15(14-5-1-2-6-16(14)20-19)11-13-7-8-17(18(12-13)22(24)25)21-9-3-4-10-21/h1-2,5-8,11-12H,3-4,9-10H2,(H,20,23)/b15-11+. The van der Waals surface area contributed by atoms with E-state index < -0.39 is 0 Å². The summed E-state index contributed by atoms with van der Waals surface area (Å²) < 4.78 is 0. The summed E-state index contributed by atoms with van der Waals surface area (Å²) in [6.07, 6.45) is 3.82. The van der Waals surface area contributed by atoms with Crippen LogP contribution in [-0.2, 0) is 4.79 Å². The number of hydrogen-bond acceptors (Lipinski definition) is 4. The van der Waals surface area contributed by atoms with E-state index in [9.17, 15) is 14.9 Å². The smallest absolute Gasteiger partial charge is 0.293 e. The number of para-hydroxylation sites is 1. The number of nitrogens with zero attached hydrogens (tertiary/aromatic N) is 2. The van der Waals surface area contributed by atoms with Gasteiger partial charge in [0.1, 0.15) is 5.69 Å². The van der Waals surface area contributed by atoms with Crippen LogP contribution >= 0.6 is 0 Å². The number of nitro benzene ring substituents is 1. The van der Waals surface area contributed by atoms with E-state index in [4.69, 9.17) is 0 Å². The highest BCUT2D eigenvalue weighted by Crippen LogP contribution is 2.35. The largest absolute Gasteiger partial charge is 0.366 e. The van der Waals surface area contributed by atoms with Gasteiger partial charge in [-0.2, -0.15) is 0 Å². The lowest BCUT2D eigenvalue weighted by molar-refractivity contribution is -0.384. The first-order chi connectivity index (χ1) is 12.1. The molecule has 2 aromatic carbocycles. The Kier molecular flexibility index (Phi) is 3.72. The Morgan fingerprint density at radius 1 is 1.12 bits per heavy atom. The van der Waals surface area contributed by atoms with Gasteiger partial charge >= 0.3 is 0 Å². The molecule has 0 spiro atoms. The molecular weight excluding hydrogens is 318 g/mol. The zero-order chi connectivity index (χ0) is 17.4. The predicted octanol–water partition coefficient (Wildman–Crippen LogP) is 3.69. The molecule has 0 atom stereocenters. The average Bonchev–Trinajstić information content (AvgIpc) is 3.24. The van der Waals surface area contributed by atoms with Gasteiger partial charge in [-0.1, -0.05) is 24.3 Å². The van der Waals surface area contributed by atoms with Gasteiger partial charge in [-0.05, 0) is 36.6 Å². The summed E-state index contributed by atoms with van der Waals surface area (Å²) in [7, 11) is 0. The van der Waals surface area contributed by atoms with Gasteiger partial charge in [0.25, 0.3) is 11.6 Å². The summed E-state index contributed by atoms with van der Waals surface area (Å²) in [5, 5.41) is 14.3. The number of nitrogens with one attached hydrogen (secondary N) is 1. The van der Waals surface area contributed by atoms with Crippen LogP contribution in [0.1, 0.15) is 24.0 Å². The van der Waals surface area contributed by atoms with Crippen molar-refractivity contribution >= 4 is 34.6 Å². The Hall–Kier alpha value is -3.15. The minimum absolute atomic E-state index is 0.0861. The fraction of sp³-hybridized carbons (Fsp3) is 0.211. The number of fused-ring (bicyclic) bond motifs is 1. The maximum atomic E-state index is 12.2. The monoisotopic (exact) mass is 335 g/mol. The Bertz CT molecular complexity index is 899. The van der Waals surface area contributed by atoms with Gasteiger partial charge in [-0.3, -0.25) is 14.9 Å². The first-order valence-electron chi connectivity index (χ1n) is 8.29. The highest BCUT2D eigenvalue weighted by Gasteiger charge is 2.25. The molecule has 2 heterocycles. The molecule has 0 aromatic heterocycles. The maximum absolute atomic E-state index is 12.2. The van der Waals surface area contributed by atoms with Crippen molar-refractivity contribution in [3.63, 3.8) is 0 Å². The molecule has 4 rings (SSSR count). The molecule has 0 radical (unpaired) electrons. The Labute approximate surface area is 144 Å². The van der Waals surface area contributed by atoms with Crippen molar-refractivity contribution in [2.24, 2.45) is 0 Å². The summed E-state index contributed by atoms with van der Waals surface area (Å²) >= 11 is 0. The van der Waals surface area contributed by atoms with Gasteiger partial charge in [-0.15, -0.1) is 0 Å². The molecule has 6 nitrogen and oxygen atoms in total. The second kappa shape index (κ2) is 6.05. The van der Waals surface area contributed by atoms with Crippen LogP contribution < -0.4 is 10.2 Å². The molecule has 0 aliphatic carbocycles. The number of carbonyl (C=O) groups excluding carboxylic acids is 1. The average molecular weight is 335 g/mol. The van der Waals surface area contributed by atoms with Crippen molar-refractivity contribution in [3.05, 3.63) is 63.7 Å². The van der Waals surface area contributed by atoms with E-state index in [-0.39, 0.29) is 16.5 Å². The van der Waals surface area contributed by atoms with E-state index in [0.717, 1.165) is 37.2 Å². The normalized spacial score (nSPS) is 17.7. The predicted molar refractivity (Wildman–Crippen MR) is 97.5 cm³/mol. The van der Waals surface area contributed by atoms with Crippen molar-refractivity contribution in [3.8, 4) is 0 Å². The third-order valence-electron chi connectivity index (χ3n) is 4.66. The molecule has 1 N–H and O–H groups in total. The number of amides is 1. The number of nitro groups is 1. The van der Waals surface area contributed by atoms with Crippen LogP contribution in [0.5, 0.6) is 0 Å². The summed E-state index contributed by atoms with van der Waals surface area (Å²) in [5.41, 5.74) is 3.50. The first-order valence-corrected chi connectivity index (χ1v) is 8.29. The van der Waals surface area contributed by atoms with Crippen molar-refractivity contribution < 1.29 is 9.72 Å². The summed E-state index contributed by atoms with van der Waals surface area (Å²) in [5.74, 6) is -0.188. The van der Waals surface area contributed by atoms with E-state index in [1.807, 2.05) is 35.2 Å². The molecule has 0 bridgehead atoms. The lowest BCUT2D eigenvalue weighted by atomic mass is 10.0. The third kappa shape index (κ3) is 2.76. The number of hydrogen-bond donors (Lipinski definition) is 1. The Morgan fingerprint density at radius 3 is 2.64 bits per heavy atom. The highest BCUT2D eigenvalue weighted by molar-refractivity contribution is 6.34. The second-order valence-electron chi connectivity index (χ2n) is 6.26. The van der Waals surface area contributed by atoms with E-state index in [1.165, 1.54) is 0 Å². The van der Waals surface area contributed by atoms with Crippen molar-refractivity contribution in [2.45, 2.75) is 12.8 Å². The van der Waals surface area contributed by atoms with Gasteiger partial charge in [0, 0.05) is 36.0 Å². The van der Waals surface area contributed by atoms with Crippen molar-refractivity contribution in [2.75, 3.05) is 23.3 Å². The van der Waals surface area contributed by atoms with Crippen LogP contribution in [0.25, 0.3) is 11.6 Å². The Balaban J connectivity index is 1.75. The van der Waals surface area contributed by atoms with Crippen LogP contribution in [0.2, 0.25) is 0 Å². The summed E-state index contributed by atoms with van der Waals surface area (Å²) in [6.45, 7) is 1.69. The topological polar surface area (TPSA) is 75.5 Å². The third-order valence-corrected chi connectivity index (χ3v) is 4.66. The van der Waals surface area contributed by atoms with E-state index >= 15 is 0 Å². The zero-order valence-corrected chi connectivity index (χ0v) is 13.6. The summed E-state index contributed by atoms with van der Waals surface area (Å²) in [6, 6.07) is 12.6. The van der Waals surface area contributed by atoms with Crippen LogP contribution in [-0.4, -0.2) is 23.9 Å². The maximum Gasteiger partial charge on any atom is 0.293 e. The molecule has 2 aliphatic rings. The van der Waals surface area contributed by atoms with Crippen molar-refractivity contribution in [1.29, 1.82) is 0 Å². The van der Waals surface area contributed by atoms with Crippen LogP contribution in [0.15, 0.2) is 42.5 Å². The molecule has 25 heavy (non-hydrogen) atoms. The van der Waals surface area contributed by atoms with Gasteiger partial charge in [0.2, 0.25) is 0 Å². The zero-order valence-electron chi connectivity index (χ0n) is 13.6. The first kappa shape index (κ1) is 15.4. The molecule has 2 aliphatic heterocycles. The van der Waals surface area contributed by atoms with Crippen LogP contribution in [0.4, 0.5) is 17.1 Å². The molecule has 126 valence electrons. The van der Waals surface area contributed by atoms with Crippen LogP contribution in [0.3, 0.4) is 0 Å². The number of anilines is 2. The van der Waals surface area contributed by atoms with Crippen molar-refractivity contribution in [1.82, 2.24) is 0 Å².